The maximum atomic E-state index is 6.18. The van der Waals surface area contributed by atoms with Gasteiger partial charge in [-0.2, -0.15) is 0 Å². The summed E-state index contributed by atoms with van der Waals surface area (Å²) in [6, 6.07) is 0. The van der Waals surface area contributed by atoms with E-state index in [1.54, 1.807) is 36.5 Å². The van der Waals surface area contributed by atoms with Gasteiger partial charge >= 0.3 is 0 Å². The van der Waals surface area contributed by atoms with E-state index in [0.29, 0.717) is 26.1 Å². The van der Waals surface area contributed by atoms with Gasteiger partial charge in [-0.3, -0.25) is 0 Å². The van der Waals surface area contributed by atoms with Crippen LogP contribution in [0.3, 0.4) is 0 Å². The van der Waals surface area contributed by atoms with Gasteiger partial charge in [0.05, 0.1) is 25.4 Å². The molecule has 0 heterocycles. The van der Waals surface area contributed by atoms with Crippen LogP contribution in [0.2, 0.25) is 0 Å². The second-order valence-electron chi connectivity index (χ2n) is 4.91. The summed E-state index contributed by atoms with van der Waals surface area (Å²) in [5.74, 6) is 0. The molecule has 0 saturated heterocycles. The van der Waals surface area contributed by atoms with Gasteiger partial charge in [0.25, 0.3) is 0 Å². The number of rotatable bonds is 16. The molecule has 0 aromatic heterocycles. The van der Waals surface area contributed by atoms with Crippen molar-refractivity contribution in [2.45, 2.75) is 37.3 Å². The molecule has 0 radical (unpaired) electrons. The number of hydrogen-bond donors (Lipinski definition) is 0. The Balaban J connectivity index is 5.05. The fourth-order valence-electron chi connectivity index (χ4n) is 2.09. The van der Waals surface area contributed by atoms with Crippen LogP contribution in [-0.4, -0.2) is 37.6 Å². The van der Waals surface area contributed by atoms with Gasteiger partial charge in [-0.15, -0.1) is 39.5 Å². The zero-order valence-corrected chi connectivity index (χ0v) is 14.1. The van der Waals surface area contributed by atoms with Crippen LogP contribution < -0.4 is 0 Å². The highest BCUT2D eigenvalue weighted by atomic mass is 16.6. The van der Waals surface area contributed by atoms with Crippen molar-refractivity contribution in [3.8, 4) is 0 Å². The fraction of sp³-hybridized carbons (Fsp3) is 0.400. The predicted octanol–water partition coefficient (Wildman–Crippen LogP) is 4.41. The Kier molecular flexibility index (Phi) is 12.9. The van der Waals surface area contributed by atoms with Crippen molar-refractivity contribution in [1.82, 2.24) is 0 Å². The van der Waals surface area contributed by atoms with Crippen LogP contribution in [0.5, 0.6) is 0 Å². The monoisotopic (exact) mass is 318 g/mol. The Labute approximate surface area is 141 Å². The third-order valence-corrected chi connectivity index (χ3v) is 3.16. The first-order valence-electron chi connectivity index (χ1n) is 7.75. The van der Waals surface area contributed by atoms with E-state index in [4.69, 9.17) is 14.2 Å². The van der Waals surface area contributed by atoms with E-state index in [2.05, 4.69) is 39.5 Å². The zero-order chi connectivity index (χ0) is 17.5. The van der Waals surface area contributed by atoms with Crippen LogP contribution in [0.4, 0.5) is 0 Å². The Morgan fingerprint density at radius 2 is 1.13 bits per heavy atom. The first-order valence-corrected chi connectivity index (χ1v) is 7.75. The summed E-state index contributed by atoms with van der Waals surface area (Å²) < 4.78 is 17.6. The van der Waals surface area contributed by atoms with Crippen LogP contribution in [0.15, 0.2) is 75.9 Å². The van der Waals surface area contributed by atoms with E-state index in [-0.39, 0.29) is 24.4 Å². The van der Waals surface area contributed by atoms with Gasteiger partial charge in [0.15, 0.2) is 0 Å². The lowest BCUT2D eigenvalue weighted by Gasteiger charge is -2.31. The minimum atomic E-state index is -0.298. The largest absolute Gasteiger partial charge is 0.371 e. The van der Waals surface area contributed by atoms with Gasteiger partial charge in [0.2, 0.25) is 0 Å². The number of ether oxygens (including phenoxy) is 3. The maximum absolute atomic E-state index is 6.18. The molecule has 3 heteroatoms. The molecular formula is C20H30O3. The van der Waals surface area contributed by atoms with Crippen LogP contribution in [0.1, 0.15) is 12.8 Å². The molecule has 0 aromatic carbocycles. The Morgan fingerprint density at radius 3 is 1.61 bits per heavy atom. The minimum Gasteiger partial charge on any atom is -0.371 e. The third-order valence-electron chi connectivity index (χ3n) is 3.16. The zero-order valence-electron chi connectivity index (χ0n) is 14.1. The molecule has 0 aliphatic carbocycles. The third kappa shape index (κ3) is 8.50. The molecule has 128 valence electrons. The van der Waals surface area contributed by atoms with Crippen molar-refractivity contribution < 1.29 is 14.2 Å². The van der Waals surface area contributed by atoms with E-state index in [1.165, 1.54) is 0 Å². The first kappa shape index (κ1) is 21.3. The van der Waals surface area contributed by atoms with Gasteiger partial charge < -0.3 is 14.2 Å². The lowest BCUT2D eigenvalue weighted by atomic mass is 10.1. The van der Waals surface area contributed by atoms with E-state index in [0.717, 1.165) is 0 Å². The summed E-state index contributed by atoms with van der Waals surface area (Å²) in [6.45, 7) is 23.4. The SMILES string of the molecule is C=CCO[C@@H](CC=C)[C@@H](C=C)O[C@@H](CC=C)[C@@H](C=C)OCC=C. The van der Waals surface area contributed by atoms with E-state index in [1.807, 2.05) is 0 Å². The Morgan fingerprint density at radius 1 is 0.609 bits per heavy atom. The molecule has 0 rings (SSSR count). The van der Waals surface area contributed by atoms with E-state index in [9.17, 15) is 0 Å². The molecule has 3 nitrogen and oxygen atoms in total. The molecule has 0 spiro atoms. The van der Waals surface area contributed by atoms with Gasteiger partial charge in [-0.25, -0.2) is 0 Å². The molecule has 0 saturated carbocycles. The molecule has 0 bridgehead atoms. The minimum absolute atomic E-state index is 0.180. The average Bonchev–Trinajstić information content (AvgIpc) is 2.57. The van der Waals surface area contributed by atoms with Crippen LogP contribution >= 0.6 is 0 Å². The Bertz CT molecular complexity index is 386. The summed E-state index contributed by atoms with van der Waals surface area (Å²) in [5.41, 5.74) is 0. The smallest absolute Gasteiger partial charge is 0.102 e. The lowest BCUT2D eigenvalue weighted by molar-refractivity contribution is -0.109. The lowest BCUT2D eigenvalue weighted by Crippen LogP contribution is -2.38. The second kappa shape index (κ2) is 13.9. The molecule has 4 atom stereocenters. The maximum Gasteiger partial charge on any atom is 0.102 e. The first-order chi connectivity index (χ1) is 11.2. The highest BCUT2D eigenvalue weighted by molar-refractivity contribution is 4.96. The van der Waals surface area contributed by atoms with Crippen molar-refractivity contribution in [1.29, 1.82) is 0 Å². The van der Waals surface area contributed by atoms with Gasteiger partial charge in [-0.05, 0) is 12.8 Å². The molecule has 0 aliphatic heterocycles. The highest BCUT2D eigenvalue weighted by Gasteiger charge is 2.26. The predicted molar refractivity (Wildman–Crippen MR) is 98.6 cm³/mol. The summed E-state index contributed by atoms with van der Waals surface area (Å²) >= 11 is 0. The van der Waals surface area contributed by atoms with Crippen molar-refractivity contribution in [3.63, 3.8) is 0 Å². The number of hydrogen-bond acceptors (Lipinski definition) is 3. The summed E-state index contributed by atoms with van der Waals surface area (Å²) in [7, 11) is 0. The summed E-state index contributed by atoms with van der Waals surface area (Å²) in [5, 5.41) is 0. The Hall–Kier alpha value is -1.68. The van der Waals surface area contributed by atoms with E-state index < -0.39 is 0 Å². The molecule has 0 aromatic rings. The molecule has 0 unspecified atom stereocenters. The molecule has 0 N–H and O–H groups in total. The summed E-state index contributed by atoms with van der Waals surface area (Å²) in [6.07, 6.45) is 10.8. The van der Waals surface area contributed by atoms with Gasteiger partial charge in [0.1, 0.15) is 12.2 Å². The van der Waals surface area contributed by atoms with Crippen LogP contribution in [0, 0.1) is 0 Å². The van der Waals surface area contributed by atoms with Crippen LogP contribution in [0.25, 0.3) is 0 Å². The summed E-state index contributed by atoms with van der Waals surface area (Å²) in [4.78, 5) is 0. The van der Waals surface area contributed by atoms with Crippen molar-refractivity contribution in [3.05, 3.63) is 75.9 Å². The van der Waals surface area contributed by atoms with E-state index >= 15 is 0 Å². The second-order valence-corrected chi connectivity index (χ2v) is 4.91. The fourth-order valence-corrected chi connectivity index (χ4v) is 2.09. The standard InChI is InChI=1S/C20H30O3/c1-7-13-19(22-16-10-4)18(12-6)23-20(14-8-2)17(11-5)21-15-9-3/h7-12,17-20H,1-6,13-16H2/t17-,18-,19+,20+/m1/s1. The van der Waals surface area contributed by atoms with Gasteiger partial charge in [0, 0.05) is 0 Å². The van der Waals surface area contributed by atoms with Gasteiger partial charge in [-0.1, -0.05) is 36.5 Å². The average molecular weight is 318 g/mol. The molecule has 23 heavy (non-hydrogen) atoms. The molecule has 0 fully saturated rings. The quantitative estimate of drug-likeness (QED) is 0.395. The van der Waals surface area contributed by atoms with Crippen molar-refractivity contribution in [2.75, 3.05) is 13.2 Å². The molecule has 0 aliphatic rings. The molecular weight excluding hydrogens is 288 g/mol. The highest BCUT2D eigenvalue weighted by Crippen LogP contribution is 2.19. The van der Waals surface area contributed by atoms with Crippen molar-refractivity contribution in [2.24, 2.45) is 0 Å². The topological polar surface area (TPSA) is 27.7 Å². The molecule has 0 amide bonds. The van der Waals surface area contributed by atoms with Crippen molar-refractivity contribution >= 4 is 0 Å². The normalized spacial score (nSPS) is 15.7. The van der Waals surface area contributed by atoms with Crippen LogP contribution in [-0.2, 0) is 14.2 Å².